The summed E-state index contributed by atoms with van der Waals surface area (Å²) in [6, 6.07) is 6.38. The van der Waals surface area contributed by atoms with Crippen LogP contribution in [-0.4, -0.2) is 11.7 Å². The first-order chi connectivity index (χ1) is 6.81. The molecule has 0 spiro atoms. The van der Waals surface area contributed by atoms with Crippen LogP contribution in [0.5, 0.6) is 0 Å². The third-order valence-corrected chi connectivity index (χ3v) is 3.09. The van der Waals surface area contributed by atoms with Gasteiger partial charge in [0.1, 0.15) is 0 Å². The number of aliphatic hydroxyl groups is 1. The highest BCUT2D eigenvalue weighted by Gasteiger charge is 2.11. The number of fused-ring (bicyclic) bond motifs is 1. The van der Waals surface area contributed by atoms with Gasteiger partial charge in [-0.15, -0.1) is 0 Å². The molecule has 0 fully saturated rings. The van der Waals surface area contributed by atoms with Gasteiger partial charge in [0.05, 0.1) is 0 Å². The zero-order valence-corrected chi connectivity index (χ0v) is 9.55. The molecule has 2 heteroatoms. The second-order valence-electron chi connectivity index (χ2n) is 3.54. The van der Waals surface area contributed by atoms with Gasteiger partial charge in [-0.1, -0.05) is 28.1 Å². The van der Waals surface area contributed by atoms with Gasteiger partial charge in [-0.3, -0.25) is 0 Å². The molecule has 0 heterocycles. The van der Waals surface area contributed by atoms with Crippen LogP contribution in [0, 0.1) is 0 Å². The van der Waals surface area contributed by atoms with E-state index in [1.807, 2.05) is 0 Å². The Balaban J connectivity index is 2.38. The fraction of sp³-hybridized carbons (Fsp3) is 0.333. The zero-order valence-electron chi connectivity index (χ0n) is 7.96. The Morgan fingerprint density at radius 2 is 2.21 bits per heavy atom. The summed E-state index contributed by atoms with van der Waals surface area (Å²) in [5, 5.41) is 8.95. The van der Waals surface area contributed by atoms with Gasteiger partial charge in [-0.25, -0.2) is 0 Å². The number of hydrogen-bond acceptors (Lipinski definition) is 1. The maximum absolute atomic E-state index is 8.95. The summed E-state index contributed by atoms with van der Waals surface area (Å²) in [6.07, 6.45) is 5.23. The first-order valence-electron chi connectivity index (χ1n) is 4.90. The molecule has 1 aliphatic carbocycles. The van der Waals surface area contributed by atoms with Crippen molar-refractivity contribution in [2.24, 2.45) is 0 Å². The van der Waals surface area contributed by atoms with E-state index in [1.165, 1.54) is 16.7 Å². The summed E-state index contributed by atoms with van der Waals surface area (Å²) in [5.41, 5.74) is 4.00. The molecule has 14 heavy (non-hydrogen) atoms. The molecule has 0 unspecified atom stereocenters. The number of benzene rings is 1. The Morgan fingerprint density at radius 3 is 3.00 bits per heavy atom. The van der Waals surface area contributed by atoms with E-state index in [4.69, 9.17) is 5.11 Å². The molecule has 1 aliphatic rings. The molecule has 74 valence electrons. The van der Waals surface area contributed by atoms with Crippen LogP contribution in [0.4, 0.5) is 0 Å². The summed E-state index contributed by atoms with van der Waals surface area (Å²) in [5.74, 6) is 0. The van der Waals surface area contributed by atoms with E-state index in [9.17, 15) is 0 Å². The van der Waals surface area contributed by atoms with Crippen molar-refractivity contribution in [2.75, 3.05) is 6.61 Å². The Hall–Kier alpha value is -0.600. The summed E-state index contributed by atoms with van der Waals surface area (Å²) >= 11 is 3.48. The smallest absolute Gasteiger partial charge is 0.0471 e. The van der Waals surface area contributed by atoms with Crippen molar-refractivity contribution in [1.29, 1.82) is 0 Å². The van der Waals surface area contributed by atoms with Crippen molar-refractivity contribution >= 4 is 21.5 Å². The van der Waals surface area contributed by atoms with Crippen molar-refractivity contribution < 1.29 is 5.11 Å². The molecule has 0 atom stereocenters. The number of rotatable bonds is 2. The molecule has 2 rings (SSSR count). The van der Waals surface area contributed by atoms with E-state index in [0.29, 0.717) is 0 Å². The summed E-state index contributed by atoms with van der Waals surface area (Å²) in [6.45, 7) is 0.237. The van der Waals surface area contributed by atoms with Crippen LogP contribution in [-0.2, 0) is 6.42 Å². The highest BCUT2D eigenvalue weighted by Crippen LogP contribution is 2.30. The predicted octanol–water partition coefficient (Wildman–Crippen LogP) is 3.16. The average Bonchev–Trinajstić information content (AvgIpc) is 2.18. The van der Waals surface area contributed by atoms with Crippen molar-refractivity contribution in [3.8, 4) is 0 Å². The molecule has 1 aromatic rings. The standard InChI is InChI=1S/C12H13BrO/c13-11-4-5-12-9(6-7-14)2-1-3-10(12)8-11/h2,4-5,8,14H,1,3,6-7H2. The number of aliphatic hydroxyl groups excluding tert-OH is 1. The molecule has 0 amide bonds. The fourth-order valence-corrected chi connectivity index (χ4v) is 2.36. The number of allylic oxidation sites excluding steroid dienone is 1. The molecule has 0 radical (unpaired) electrons. The van der Waals surface area contributed by atoms with E-state index >= 15 is 0 Å². The Kier molecular flexibility index (Phi) is 3.04. The van der Waals surface area contributed by atoms with Gasteiger partial charge in [0.2, 0.25) is 0 Å². The average molecular weight is 253 g/mol. The SMILES string of the molecule is OCCC1=CCCc2cc(Br)ccc21. The molecule has 0 aliphatic heterocycles. The summed E-state index contributed by atoms with van der Waals surface area (Å²) in [7, 11) is 0. The number of halogens is 1. The van der Waals surface area contributed by atoms with Crippen molar-refractivity contribution in [3.63, 3.8) is 0 Å². The minimum Gasteiger partial charge on any atom is -0.396 e. The van der Waals surface area contributed by atoms with Gasteiger partial charge in [0.15, 0.2) is 0 Å². The van der Waals surface area contributed by atoms with E-state index in [0.717, 1.165) is 23.7 Å². The second-order valence-corrected chi connectivity index (χ2v) is 4.46. The minimum absolute atomic E-state index is 0.237. The van der Waals surface area contributed by atoms with Crippen LogP contribution in [0.25, 0.3) is 5.57 Å². The third-order valence-electron chi connectivity index (χ3n) is 2.60. The fourth-order valence-electron chi connectivity index (χ4n) is 1.95. The van der Waals surface area contributed by atoms with Crippen LogP contribution >= 0.6 is 15.9 Å². The van der Waals surface area contributed by atoms with Crippen molar-refractivity contribution in [3.05, 3.63) is 39.9 Å². The molecule has 0 aromatic heterocycles. The van der Waals surface area contributed by atoms with Gasteiger partial charge < -0.3 is 5.11 Å². The van der Waals surface area contributed by atoms with Gasteiger partial charge in [0, 0.05) is 11.1 Å². The largest absolute Gasteiger partial charge is 0.396 e. The van der Waals surface area contributed by atoms with Crippen LogP contribution in [0.3, 0.4) is 0 Å². The van der Waals surface area contributed by atoms with Crippen molar-refractivity contribution in [2.45, 2.75) is 19.3 Å². The number of aryl methyl sites for hydroxylation is 1. The second kappa shape index (κ2) is 4.28. The maximum atomic E-state index is 8.95. The maximum Gasteiger partial charge on any atom is 0.0471 e. The molecular formula is C12H13BrO. The first-order valence-corrected chi connectivity index (χ1v) is 5.69. The Morgan fingerprint density at radius 1 is 1.36 bits per heavy atom. The quantitative estimate of drug-likeness (QED) is 0.858. The predicted molar refractivity (Wildman–Crippen MR) is 62.1 cm³/mol. The van der Waals surface area contributed by atoms with Crippen LogP contribution in [0.2, 0.25) is 0 Å². The molecule has 1 N–H and O–H groups in total. The van der Waals surface area contributed by atoms with E-state index in [-0.39, 0.29) is 6.61 Å². The lowest BCUT2D eigenvalue weighted by molar-refractivity contribution is 0.305. The first kappa shape index (κ1) is 9.94. The molecular weight excluding hydrogens is 240 g/mol. The lowest BCUT2D eigenvalue weighted by Crippen LogP contribution is -2.01. The van der Waals surface area contributed by atoms with E-state index in [2.05, 4.69) is 40.2 Å². The minimum atomic E-state index is 0.237. The lowest BCUT2D eigenvalue weighted by atomic mass is 9.89. The lowest BCUT2D eigenvalue weighted by Gasteiger charge is -2.17. The third kappa shape index (κ3) is 1.91. The monoisotopic (exact) mass is 252 g/mol. The topological polar surface area (TPSA) is 20.2 Å². The molecule has 0 saturated carbocycles. The van der Waals surface area contributed by atoms with Crippen LogP contribution < -0.4 is 0 Å². The molecule has 1 nitrogen and oxygen atoms in total. The van der Waals surface area contributed by atoms with E-state index in [1.54, 1.807) is 0 Å². The van der Waals surface area contributed by atoms with E-state index < -0.39 is 0 Å². The Bertz CT molecular complexity index is 369. The van der Waals surface area contributed by atoms with Gasteiger partial charge in [-0.2, -0.15) is 0 Å². The van der Waals surface area contributed by atoms with Crippen LogP contribution in [0.1, 0.15) is 24.0 Å². The number of hydrogen-bond donors (Lipinski definition) is 1. The van der Waals surface area contributed by atoms with Gasteiger partial charge >= 0.3 is 0 Å². The molecule has 0 saturated heterocycles. The highest BCUT2D eigenvalue weighted by molar-refractivity contribution is 9.10. The normalized spacial score (nSPS) is 14.9. The summed E-state index contributed by atoms with van der Waals surface area (Å²) in [4.78, 5) is 0. The Labute approximate surface area is 92.6 Å². The summed E-state index contributed by atoms with van der Waals surface area (Å²) < 4.78 is 1.14. The molecule has 0 bridgehead atoms. The molecule has 1 aromatic carbocycles. The van der Waals surface area contributed by atoms with Crippen LogP contribution in [0.15, 0.2) is 28.7 Å². The zero-order chi connectivity index (χ0) is 9.97. The highest BCUT2D eigenvalue weighted by atomic mass is 79.9. The van der Waals surface area contributed by atoms with Gasteiger partial charge in [0.25, 0.3) is 0 Å². The van der Waals surface area contributed by atoms with Gasteiger partial charge in [-0.05, 0) is 48.1 Å². The van der Waals surface area contributed by atoms with Crippen molar-refractivity contribution in [1.82, 2.24) is 0 Å².